The van der Waals surface area contributed by atoms with Crippen LogP contribution in [0, 0.1) is 34.6 Å². The van der Waals surface area contributed by atoms with Gasteiger partial charge in [0.15, 0.2) is 6.61 Å². The predicted octanol–water partition coefficient (Wildman–Crippen LogP) is 4.78. The summed E-state index contributed by atoms with van der Waals surface area (Å²) in [5, 5.41) is 6.02. The van der Waals surface area contributed by atoms with Crippen molar-refractivity contribution in [1.29, 1.82) is 0 Å². The van der Waals surface area contributed by atoms with Crippen molar-refractivity contribution in [3.05, 3.63) is 70.5 Å². The Bertz CT molecular complexity index is 1010. The molecular weight excluding hydrogens is 364 g/mol. The molecule has 1 aromatic heterocycles. The van der Waals surface area contributed by atoms with Gasteiger partial charge in [0, 0.05) is 22.8 Å². The summed E-state index contributed by atoms with van der Waals surface area (Å²) >= 11 is 0. The van der Waals surface area contributed by atoms with Crippen LogP contribution in [0.15, 0.2) is 42.5 Å². The van der Waals surface area contributed by atoms with Crippen molar-refractivity contribution >= 4 is 23.2 Å². The monoisotopic (exact) mass is 390 g/mol. The Labute approximate surface area is 171 Å². The first kappa shape index (κ1) is 20.3. The summed E-state index contributed by atoms with van der Waals surface area (Å²) in [6.45, 7) is 9.83. The highest BCUT2D eigenvalue weighted by atomic mass is 16.5. The first-order chi connectivity index (χ1) is 13.8. The van der Waals surface area contributed by atoms with E-state index in [9.17, 15) is 4.79 Å². The van der Waals surface area contributed by atoms with E-state index >= 15 is 0 Å². The summed E-state index contributed by atoms with van der Waals surface area (Å²) in [6.07, 6.45) is 0. The third-order valence-corrected chi connectivity index (χ3v) is 4.63. The zero-order valence-electron chi connectivity index (χ0n) is 17.5. The third-order valence-electron chi connectivity index (χ3n) is 4.63. The Balaban J connectivity index is 1.58. The molecule has 0 aliphatic heterocycles. The van der Waals surface area contributed by atoms with Gasteiger partial charge in [-0.15, -0.1) is 0 Å². The maximum atomic E-state index is 12.3. The molecule has 0 bridgehead atoms. The van der Waals surface area contributed by atoms with Crippen molar-refractivity contribution in [3.8, 4) is 5.75 Å². The molecule has 0 atom stereocenters. The Hall–Kier alpha value is -3.41. The standard InChI is InChI=1S/C23H26N4O2/c1-14-6-7-15(2)22(18(14)5)29-13-21(28)26-19-8-10-20(11-9-19)27-23-24-16(3)12-17(4)25-23/h6-12H,13H2,1-5H3,(H,26,28)(H,24,25,27). The highest BCUT2D eigenvalue weighted by molar-refractivity contribution is 5.92. The van der Waals surface area contributed by atoms with E-state index in [1.54, 1.807) is 0 Å². The van der Waals surface area contributed by atoms with Gasteiger partial charge in [-0.1, -0.05) is 12.1 Å². The smallest absolute Gasteiger partial charge is 0.262 e. The number of rotatable bonds is 6. The third kappa shape index (κ3) is 5.31. The van der Waals surface area contributed by atoms with E-state index < -0.39 is 0 Å². The molecule has 1 heterocycles. The molecule has 2 aromatic carbocycles. The number of nitrogens with zero attached hydrogens (tertiary/aromatic N) is 2. The average Bonchev–Trinajstić information content (AvgIpc) is 2.66. The van der Waals surface area contributed by atoms with E-state index in [-0.39, 0.29) is 12.5 Å². The number of ether oxygens (including phenoxy) is 1. The number of nitrogens with one attached hydrogen (secondary N) is 2. The zero-order chi connectivity index (χ0) is 21.0. The maximum Gasteiger partial charge on any atom is 0.262 e. The molecule has 0 saturated heterocycles. The van der Waals surface area contributed by atoms with Crippen LogP contribution in [-0.4, -0.2) is 22.5 Å². The molecule has 0 saturated carbocycles. The summed E-state index contributed by atoms with van der Waals surface area (Å²) in [4.78, 5) is 21.0. The van der Waals surface area contributed by atoms with E-state index in [0.29, 0.717) is 11.6 Å². The van der Waals surface area contributed by atoms with E-state index in [4.69, 9.17) is 4.74 Å². The zero-order valence-corrected chi connectivity index (χ0v) is 17.5. The lowest BCUT2D eigenvalue weighted by Gasteiger charge is -2.14. The normalized spacial score (nSPS) is 10.5. The van der Waals surface area contributed by atoms with Gasteiger partial charge in [0.1, 0.15) is 5.75 Å². The fourth-order valence-electron chi connectivity index (χ4n) is 3.03. The minimum Gasteiger partial charge on any atom is -0.483 e. The fourth-order valence-corrected chi connectivity index (χ4v) is 3.03. The highest BCUT2D eigenvalue weighted by Crippen LogP contribution is 2.25. The Morgan fingerprint density at radius 2 is 1.45 bits per heavy atom. The average molecular weight is 390 g/mol. The van der Waals surface area contributed by atoms with Gasteiger partial charge in [0.05, 0.1) is 0 Å². The van der Waals surface area contributed by atoms with E-state index in [2.05, 4.69) is 26.7 Å². The van der Waals surface area contributed by atoms with Gasteiger partial charge in [-0.2, -0.15) is 0 Å². The summed E-state index contributed by atoms with van der Waals surface area (Å²) in [5.41, 5.74) is 6.57. The molecule has 3 rings (SSSR count). The first-order valence-corrected chi connectivity index (χ1v) is 9.50. The van der Waals surface area contributed by atoms with Gasteiger partial charge >= 0.3 is 0 Å². The molecular formula is C23H26N4O2. The number of aromatic nitrogens is 2. The van der Waals surface area contributed by atoms with Crippen molar-refractivity contribution in [2.45, 2.75) is 34.6 Å². The van der Waals surface area contributed by atoms with Crippen molar-refractivity contribution in [2.75, 3.05) is 17.2 Å². The lowest BCUT2D eigenvalue weighted by atomic mass is 10.1. The number of carbonyl (C=O) groups excluding carboxylic acids is 1. The Morgan fingerprint density at radius 1 is 0.862 bits per heavy atom. The molecule has 0 radical (unpaired) electrons. The SMILES string of the molecule is Cc1cc(C)nc(Nc2ccc(NC(=O)COc3c(C)ccc(C)c3C)cc2)n1. The van der Waals surface area contributed by atoms with Crippen LogP contribution in [0.1, 0.15) is 28.1 Å². The minimum absolute atomic E-state index is 0.0401. The molecule has 150 valence electrons. The number of benzene rings is 2. The number of anilines is 3. The van der Waals surface area contributed by atoms with Crippen LogP contribution in [0.3, 0.4) is 0 Å². The number of hydrogen-bond donors (Lipinski definition) is 2. The molecule has 0 fully saturated rings. The topological polar surface area (TPSA) is 76.1 Å². The van der Waals surface area contributed by atoms with Crippen molar-refractivity contribution in [2.24, 2.45) is 0 Å². The van der Waals surface area contributed by atoms with Crippen LogP contribution in [0.5, 0.6) is 5.75 Å². The van der Waals surface area contributed by atoms with Gasteiger partial charge in [-0.25, -0.2) is 9.97 Å². The minimum atomic E-state index is -0.205. The second kappa shape index (κ2) is 8.73. The van der Waals surface area contributed by atoms with Crippen LogP contribution in [0.25, 0.3) is 0 Å². The fraction of sp³-hybridized carbons (Fsp3) is 0.261. The molecule has 0 unspecified atom stereocenters. The van der Waals surface area contributed by atoms with Crippen LogP contribution in [-0.2, 0) is 4.79 Å². The molecule has 1 amide bonds. The van der Waals surface area contributed by atoms with Gasteiger partial charge < -0.3 is 15.4 Å². The number of amides is 1. The molecule has 2 N–H and O–H groups in total. The number of carbonyl (C=O) groups is 1. The van der Waals surface area contributed by atoms with Gasteiger partial charge in [-0.3, -0.25) is 4.79 Å². The van der Waals surface area contributed by atoms with Crippen molar-refractivity contribution < 1.29 is 9.53 Å². The molecule has 29 heavy (non-hydrogen) atoms. The van der Waals surface area contributed by atoms with Crippen molar-refractivity contribution in [1.82, 2.24) is 9.97 Å². The summed E-state index contributed by atoms with van der Waals surface area (Å²) < 4.78 is 5.77. The van der Waals surface area contributed by atoms with Crippen LogP contribution >= 0.6 is 0 Å². The lowest BCUT2D eigenvalue weighted by Crippen LogP contribution is -2.20. The summed E-state index contributed by atoms with van der Waals surface area (Å²) in [7, 11) is 0. The number of hydrogen-bond acceptors (Lipinski definition) is 5. The van der Waals surface area contributed by atoms with Gasteiger partial charge in [0.25, 0.3) is 5.91 Å². The quantitative estimate of drug-likeness (QED) is 0.633. The van der Waals surface area contributed by atoms with E-state index in [1.165, 1.54) is 0 Å². The molecule has 6 nitrogen and oxygen atoms in total. The van der Waals surface area contributed by atoms with E-state index in [0.717, 1.165) is 39.5 Å². The maximum absolute atomic E-state index is 12.3. The van der Waals surface area contributed by atoms with E-state index in [1.807, 2.05) is 71.0 Å². The molecule has 0 spiro atoms. The number of aryl methyl sites for hydroxylation is 4. The second-order valence-corrected chi connectivity index (χ2v) is 7.17. The van der Waals surface area contributed by atoms with Crippen LogP contribution < -0.4 is 15.4 Å². The molecule has 0 aliphatic rings. The predicted molar refractivity (Wildman–Crippen MR) is 116 cm³/mol. The summed E-state index contributed by atoms with van der Waals surface area (Å²) in [6, 6.07) is 13.4. The van der Waals surface area contributed by atoms with Crippen LogP contribution in [0.4, 0.5) is 17.3 Å². The Kier molecular flexibility index (Phi) is 6.12. The summed E-state index contributed by atoms with van der Waals surface area (Å²) in [5.74, 6) is 1.12. The van der Waals surface area contributed by atoms with Gasteiger partial charge in [-0.05, 0) is 81.6 Å². The molecule has 6 heteroatoms. The highest BCUT2D eigenvalue weighted by Gasteiger charge is 2.10. The molecule has 3 aromatic rings. The van der Waals surface area contributed by atoms with Crippen LogP contribution in [0.2, 0.25) is 0 Å². The Morgan fingerprint density at radius 3 is 2.10 bits per heavy atom. The first-order valence-electron chi connectivity index (χ1n) is 9.50. The van der Waals surface area contributed by atoms with Gasteiger partial charge in [0.2, 0.25) is 5.95 Å². The second-order valence-electron chi connectivity index (χ2n) is 7.17. The van der Waals surface area contributed by atoms with Crippen molar-refractivity contribution in [3.63, 3.8) is 0 Å². The lowest BCUT2D eigenvalue weighted by molar-refractivity contribution is -0.118. The molecule has 0 aliphatic carbocycles. The largest absolute Gasteiger partial charge is 0.483 e.